The lowest BCUT2D eigenvalue weighted by molar-refractivity contribution is 0.0951. The molecule has 0 bridgehead atoms. The molecule has 21 heavy (non-hydrogen) atoms. The molecule has 0 atom stereocenters. The van der Waals surface area contributed by atoms with Crippen molar-refractivity contribution in [3.8, 4) is 5.75 Å². The molecule has 1 aromatic heterocycles. The minimum atomic E-state index is -0.186. The van der Waals surface area contributed by atoms with Gasteiger partial charge in [0, 0.05) is 24.5 Å². The molecule has 1 aromatic carbocycles. The highest BCUT2D eigenvalue weighted by molar-refractivity contribution is 5.95. The van der Waals surface area contributed by atoms with Crippen LogP contribution in [0.5, 0.6) is 5.75 Å². The van der Waals surface area contributed by atoms with Gasteiger partial charge in [-0.2, -0.15) is 0 Å². The van der Waals surface area contributed by atoms with E-state index in [2.05, 4.69) is 16.9 Å². The molecule has 5 heteroatoms. The Bertz CT molecular complexity index is 627. The summed E-state index contributed by atoms with van der Waals surface area (Å²) in [5.41, 5.74) is 7.76. The molecule has 0 aliphatic rings. The van der Waals surface area contributed by atoms with Gasteiger partial charge in [-0.05, 0) is 35.9 Å². The lowest BCUT2D eigenvalue weighted by Crippen LogP contribution is -2.22. The molecule has 0 radical (unpaired) electrons. The largest absolute Gasteiger partial charge is 0.487 e. The van der Waals surface area contributed by atoms with Crippen molar-refractivity contribution < 1.29 is 9.53 Å². The topological polar surface area (TPSA) is 77.2 Å². The zero-order chi connectivity index (χ0) is 15.1. The average Bonchev–Trinajstić information content (AvgIpc) is 2.52. The van der Waals surface area contributed by atoms with Crippen molar-refractivity contribution in [2.75, 3.05) is 12.3 Å². The minimum absolute atomic E-state index is 0.186. The van der Waals surface area contributed by atoms with Crippen molar-refractivity contribution >= 4 is 11.6 Å². The zero-order valence-electron chi connectivity index (χ0n) is 11.6. The van der Waals surface area contributed by atoms with E-state index in [4.69, 9.17) is 10.5 Å². The maximum Gasteiger partial charge on any atom is 0.251 e. The predicted molar refractivity (Wildman–Crippen MR) is 82.0 cm³/mol. The van der Waals surface area contributed by atoms with Gasteiger partial charge in [0.15, 0.2) is 0 Å². The number of nitrogens with one attached hydrogen (secondary N) is 1. The van der Waals surface area contributed by atoms with E-state index in [9.17, 15) is 4.79 Å². The molecule has 0 fully saturated rings. The van der Waals surface area contributed by atoms with Crippen molar-refractivity contribution in [3.05, 3.63) is 66.5 Å². The van der Waals surface area contributed by atoms with Gasteiger partial charge in [0.1, 0.15) is 12.4 Å². The maximum atomic E-state index is 12.1. The fourth-order valence-corrected chi connectivity index (χ4v) is 1.75. The number of carbonyl (C=O) groups excluding carboxylic acids is 1. The van der Waals surface area contributed by atoms with E-state index < -0.39 is 0 Å². The summed E-state index contributed by atoms with van der Waals surface area (Å²) in [7, 11) is 0. The molecule has 0 saturated heterocycles. The van der Waals surface area contributed by atoms with Gasteiger partial charge in [0.2, 0.25) is 0 Å². The third-order valence-corrected chi connectivity index (χ3v) is 2.83. The number of benzene rings is 1. The second-order valence-electron chi connectivity index (χ2n) is 4.39. The second-order valence-corrected chi connectivity index (χ2v) is 4.39. The highest BCUT2D eigenvalue weighted by Crippen LogP contribution is 2.22. The van der Waals surface area contributed by atoms with E-state index in [0.717, 1.165) is 5.56 Å². The number of nitrogen functional groups attached to an aromatic ring is 1. The molecule has 0 aliphatic carbocycles. The molecular weight excluding hydrogens is 266 g/mol. The van der Waals surface area contributed by atoms with Crippen molar-refractivity contribution in [1.82, 2.24) is 10.3 Å². The highest BCUT2D eigenvalue weighted by atomic mass is 16.5. The van der Waals surface area contributed by atoms with Gasteiger partial charge in [-0.25, -0.2) is 0 Å². The Labute approximate surface area is 123 Å². The number of carbonyl (C=O) groups is 1. The predicted octanol–water partition coefficient (Wildman–Crippen LogP) is 2.16. The number of anilines is 1. The number of rotatable bonds is 6. The first-order valence-corrected chi connectivity index (χ1v) is 6.51. The number of hydrogen-bond donors (Lipinski definition) is 2. The van der Waals surface area contributed by atoms with Crippen LogP contribution >= 0.6 is 0 Å². The van der Waals surface area contributed by atoms with E-state index in [1.807, 2.05) is 12.1 Å². The van der Waals surface area contributed by atoms with E-state index >= 15 is 0 Å². The maximum absolute atomic E-state index is 12.1. The second kappa shape index (κ2) is 7.09. The van der Waals surface area contributed by atoms with Gasteiger partial charge in [0.05, 0.1) is 5.69 Å². The molecule has 1 heterocycles. The van der Waals surface area contributed by atoms with Crippen LogP contribution in [-0.2, 0) is 6.54 Å². The molecule has 5 nitrogen and oxygen atoms in total. The normalized spacial score (nSPS) is 9.90. The first-order chi connectivity index (χ1) is 10.2. The van der Waals surface area contributed by atoms with Gasteiger partial charge in [-0.15, -0.1) is 0 Å². The summed E-state index contributed by atoms with van der Waals surface area (Å²) in [4.78, 5) is 16.0. The summed E-state index contributed by atoms with van der Waals surface area (Å²) in [6, 6.07) is 8.65. The molecule has 108 valence electrons. The fourth-order valence-electron chi connectivity index (χ4n) is 1.75. The van der Waals surface area contributed by atoms with Crippen molar-refractivity contribution in [3.63, 3.8) is 0 Å². The van der Waals surface area contributed by atoms with Crippen LogP contribution in [0, 0.1) is 0 Å². The molecule has 0 saturated carbocycles. The molecule has 2 rings (SSSR count). The molecule has 2 aromatic rings. The van der Waals surface area contributed by atoms with E-state index in [0.29, 0.717) is 30.2 Å². The Morgan fingerprint density at radius 2 is 2.10 bits per heavy atom. The van der Waals surface area contributed by atoms with Crippen LogP contribution in [0.2, 0.25) is 0 Å². The van der Waals surface area contributed by atoms with Crippen LogP contribution in [-0.4, -0.2) is 17.5 Å². The van der Waals surface area contributed by atoms with Crippen molar-refractivity contribution in [1.29, 1.82) is 0 Å². The SMILES string of the molecule is C=CCOc1ccc(C(=O)NCc2ccncc2)cc1N. The number of amides is 1. The third-order valence-electron chi connectivity index (χ3n) is 2.83. The molecular formula is C16H17N3O2. The summed E-state index contributed by atoms with van der Waals surface area (Å²) >= 11 is 0. The number of hydrogen-bond acceptors (Lipinski definition) is 4. The van der Waals surface area contributed by atoms with E-state index in [-0.39, 0.29) is 5.91 Å². The van der Waals surface area contributed by atoms with Gasteiger partial charge >= 0.3 is 0 Å². The van der Waals surface area contributed by atoms with Crippen LogP contribution in [0.1, 0.15) is 15.9 Å². The summed E-state index contributed by atoms with van der Waals surface area (Å²) in [5.74, 6) is 0.356. The fraction of sp³-hybridized carbons (Fsp3) is 0.125. The van der Waals surface area contributed by atoms with Gasteiger partial charge < -0.3 is 15.8 Å². The Balaban J connectivity index is 1.99. The minimum Gasteiger partial charge on any atom is -0.487 e. The van der Waals surface area contributed by atoms with Gasteiger partial charge in [-0.1, -0.05) is 12.7 Å². The number of pyridine rings is 1. The summed E-state index contributed by atoms with van der Waals surface area (Å²) < 4.78 is 5.37. The molecule has 1 amide bonds. The quantitative estimate of drug-likeness (QED) is 0.629. The van der Waals surface area contributed by atoms with Gasteiger partial charge in [-0.3, -0.25) is 9.78 Å². The number of nitrogens with two attached hydrogens (primary N) is 1. The standard InChI is InChI=1S/C16H17N3O2/c1-2-9-21-15-4-3-13(10-14(15)17)16(20)19-11-12-5-7-18-8-6-12/h2-8,10H,1,9,11,17H2,(H,19,20). The summed E-state index contributed by atoms with van der Waals surface area (Å²) in [5, 5.41) is 2.83. The monoisotopic (exact) mass is 283 g/mol. The Morgan fingerprint density at radius 1 is 1.33 bits per heavy atom. The zero-order valence-corrected chi connectivity index (χ0v) is 11.6. The van der Waals surface area contributed by atoms with Crippen molar-refractivity contribution in [2.24, 2.45) is 0 Å². The number of nitrogens with zero attached hydrogens (tertiary/aromatic N) is 1. The highest BCUT2D eigenvalue weighted by Gasteiger charge is 2.08. The molecule has 0 spiro atoms. The van der Waals surface area contributed by atoms with Crippen LogP contribution in [0.3, 0.4) is 0 Å². The van der Waals surface area contributed by atoms with Crippen LogP contribution in [0.25, 0.3) is 0 Å². The summed E-state index contributed by atoms with van der Waals surface area (Å²) in [6.07, 6.45) is 5.01. The Kier molecular flexibility index (Phi) is 4.93. The van der Waals surface area contributed by atoms with Crippen molar-refractivity contribution in [2.45, 2.75) is 6.54 Å². The van der Waals surface area contributed by atoms with E-state index in [1.165, 1.54) is 0 Å². The summed E-state index contributed by atoms with van der Waals surface area (Å²) in [6.45, 7) is 4.38. The Hall–Kier alpha value is -2.82. The lowest BCUT2D eigenvalue weighted by atomic mass is 10.1. The molecule has 3 N–H and O–H groups in total. The molecule has 0 aliphatic heterocycles. The first-order valence-electron chi connectivity index (χ1n) is 6.51. The smallest absolute Gasteiger partial charge is 0.251 e. The van der Waals surface area contributed by atoms with Crippen LogP contribution in [0.15, 0.2) is 55.4 Å². The van der Waals surface area contributed by atoms with Crippen LogP contribution < -0.4 is 15.8 Å². The van der Waals surface area contributed by atoms with Crippen LogP contribution in [0.4, 0.5) is 5.69 Å². The first kappa shape index (κ1) is 14.6. The molecule has 0 unspecified atom stereocenters. The third kappa shape index (κ3) is 4.07. The average molecular weight is 283 g/mol. The lowest BCUT2D eigenvalue weighted by Gasteiger charge is -2.09. The number of aromatic nitrogens is 1. The Morgan fingerprint density at radius 3 is 2.76 bits per heavy atom. The van der Waals surface area contributed by atoms with Gasteiger partial charge in [0.25, 0.3) is 5.91 Å². The van der Waals surface area contributed by atoms with E-state index in [1.54, 1.807) is 36.7 Å². The number of ether oxygens (including phenoxy) is 1.